The van der Waals surface area contributed by atoms with Crippen molar-refractivity contribution in [3.63, 3.8) is 0 Å². The van der Waals surface area contributed by atoms with Crippen molar-refractivity contribution >= 4 is 29.3 Å². The molecule has 0 radical (unpaired) electrons. The number of ether oxygens (including phenoxy) is 1. The van der Waals surface area contributed by atoms with E-state index in [9.17, 15) is 9.59 Å². The van der Waals surface area contributed by atoms with Gasteiger partial charge < -0.3 is 10.1 Å². The number of esters is 1. The zero-order valence-corrected chi connectivity index (χ0v) is 15.7. The summed E-state index contributed by atoms with van der Waals surface area (Å²) in [5.41, 5.74) is 2.25. The largest absolute Gasteiger partial charge is 0.467 e. The van der Waals surface area contributed by atoms with Gasteiger partial charge in [0, 0.05) is 11.0 Å². The molecule has 0 spiro atoms. The predicted molar refractivity (Wildman–Crippen MR) is 101 cm³/mol. The van der Waals surface area contributed by atoms with Gasteiger partial charge >= 0.3 is 5.97 Å². The molecule has 1 N–H and O–H groups in total. The van der Waals surface area contributed by atoms with Gasteiger partial charge in [0.05, 0.1) is 7.11 Å². The maximum Gasteiger partial charge on any atom is 0.333 e. The third-order valence-corrected chi connectivity index (χ3v) is 4.69. The highest BCUT2D eigenvalue weighted by Gasteiger charge is 2.23. The number of methoxy groups -OCH3 is 1. The first-order chi connectivity index (χ1) is 11.8. The number of thiophene rings is 1. The molecule has 0 fully saturated rings. The van der Waals surface area contributed by atoms with Gasteiger partial charge in [-0.05, 0) is 34.1 Å². The molecule has 0 saturated carbocycles. The summed E-state index contributed by atoms with van der Waals surface area (Å²) in [5, 5.41) is 4.54. The van der Waals surface area contributed by atoms with Crippen molar-refractivity contribution in [2.24, 2.45) is 0 Å². The van der Waals surface area contributed by atoms with E-state index < -0.39 is 12.0 Å². The van der Waals surface area contributed by atoms with Gasteiger partial charge in [0.25, 0.3) is 0 Å². The lowest BCUT2D eigenvalue weighted by molar-refractivity contribution is -0.144. The molecule has 0 saturated heterocycles. The zero-order valence-electron chi connectivity index (χ0n) is 14.9. The number of hydrogen-bond acceptors (Lipinski definition) is 4. The van der Waals surface area contributed by atoms with E-state index in [-0.39, 0.29) is 11.3 Å². The number of carbonyl (C=O) groups is 2. The summed E-state index contributed by atoms with van der Waals surface area (Å²) < 4.78 is 4.77. The summed E-state index contributed by atoms with van der Waals surface area (Å²) in [4.78, 5) is 24.8. The molecule has 2 rings (SSSR count). The minimum atomic E-state index is -0.787. The second-order valence-corrected chi connectivity index (χ2v) is 7.66. The van der Waals surface area contributed by atoms with Crippen LogP contribution in [0.25, 0.3) is 6.08 Å². The van der Waals surface area contributed by atoms with Crippen LogP contribution in [0.4, 0.5) is 0 Å². The Morgan fingerprint density at radius 3 is 2.36 bits per heavy atom. The normalized spacial score (nSPS) is 12.8. The fourth-order valence-corrected chi connectivity index (χ4v) is 3.04. The minimum Gasteiger partial charge on any atom is -0.467 e. The molecule has 1 aromatic heterocycles. The van der Waals surface area contributed by atoms with Crippen molar-refractivity contribution < 1.29 is 14.3 Å². The summed E-state index contributed by atoms with van der Waals surface area (Å²) in [6, 6.07) is 10.9. The molecule has 0 aliphatic rings. The van der Waals surface area contributed by atoms with E-state index >= 15 is 0 Å². The Morgan fingerprint density at radius 2 is 1.84 bits per heavy atom. The molecule has 1 heterocycles. The molecule has 0 aliphatic carbocycles. The Kier molecular flexibility index (Phi) is 6.15. The molecule has 4 nitrogen and oxygen atoms in total. The van der Waals surface area contributed by atoms with Gasteiger partial charge in [-0.1, -0.05) is 51.1 Å². The highest BCUT2D eigenvalue weighted by Crippen LogP contribution is 2.23. The molecule has 1 atom stereocenters. The standard InChI is InChI=1S/C20H23NO3S/c1-20(2,3)15-10-7-14(8-11-15)9-12-17(22)21-18(19(23)24-4)16-6-5-13-25-16/h5-13,18H,1-4H3,(H,21,22)/b12-9+/t18-/m0/s1. The molecule has 0 aliphatic heterocycles. The number of amides is 1. The average Bonchev–Trinajstić information content (AvgIpc) is 3.11. The Morgan fingerprint density at radius 1 is 1.16 bits per heavy atom. The third-order valence-electron chi connectivity index (χ3n) is 3.76. The van der Waals surface area contributed by atoms with E-state index in [0.29, 0.717) is 0 Å². The highest BCUT2D eigenvalue weighted by atomic mass is 32.1. The van der Waals surface area contributed by atoms with E-state index in [1.807, 2.05) is 23.6 Å². The van der Waals surface area contributed by atoms with E-state index in [4.69, 9.17) is 4.74 Å². The first-order valence-electron chi connectivity index (χ1n) is 8.01. The van der Waals surface area contributed by atoms with Crippen molar-refractivity contribution in [3.05, 3.63) is 63.9 Å². The number of rotatable bonds is 5. The fraction of sp³-hybridized carbons (Fsp3) is 0.300. The van der Waals surface area contributed by atoms with Crippen LogP contribution < -0.4 is 5.32 Å². The maximum atomic E-state index is 12.2. The van der Waals surface area contributed by atoms with E-state index in [1.54, 1.807) is 12.1 Å². The predicted octanol–water partition coefficient (Wildman–Crippen LogP) is 4.09. The summed E-state index contributed by atoms with van der Waals surface area (Å²) >= 11 is 1.40. The van der Waals surface area contributed by atoms with E-state index in [2.05, 4.69) is 38.2 Å². The van der Waals surface area contributed by atoms with Crippen molar-refractivity contribution in [3.8, 4) is 0 Å². The maximum absolute atomic E-state index is 12.2. The fourth-order valence-electron chi connectivity index (χ4n) is 2.28. The SMILES string of the molecule is COC(=O)[C@@H](NC(=O)/C=C/c1ccc(C(C)(C)C)cc1)c1cccs1. The summed E-state index contributed by atoms with van der Waals surface area (Å²) in [5.74, 6) is -0.831. The van der Waals surface area contributed by atoms with Gasteiger partial charge in [-0.15, -0.1) is 11.3 Å². The number of benzene rings is 1. The van der Waals surface area contributed by atoms with Crippen LogP contribution in [0.1, 0.15) is 42.8 Å². The van der Waals surface area contributed by atoms with Gasteiger partial charge in [0.1, 0.15) is 0 Å². The molecule has 2 aromatic rings. The molecular formula is C20H23NO3S. The number of nitrogens with one attached hydrogen (secondary N) is 1. The Balaban J connectivity index is 2.05. The molecule has 1 aromatic carbocycles. The van der Waals surface area contributed by atoms with Crippen LogP contribution >= 0.6 is 11.3 Å². The summed E-state index contributed by atoms with van der Waals surface area (Å²) in [6.07, 6.45) is 3.15. The highest BCUT2D eigenvalue weighted by molar-refractivity contribution is 7.10. The van der Waals surface area contributed by atoms with Crippen LogP contribution in [-0.4, -0.2) is 19.0 Å². The third kappa shape index (κ3) is 5.29. The van der Waals surface area contributed by atoms with Crippen molar-refractivity contribution in [1.82, 2.24) is 5.32 Å². The van der Waals surface area contributed by atoms with Gasteiger partial charge in [-0.2, -0.15) is 0 Å². The zero-order chi connectivity index (χ0) is 18.4. The smallest absolute Gasteiger partial charge is 0.333 e. The average molecular weight is 357 g/mol. The Bertz CT molecular complexity index is 740. The van der Waals surface area contributed by atoms with Gasteiger partial charge in [0.2, 0.25) is 5.91 Å². The van der Waals surface area contributed by atoms with Crippen molar-refractivity contribution in [2.45, 2.75) is 32.2 Å². The van der Waals surface area contributed by atoms with Gasteiger partial charge in [0.15, 0.2) is 6.04 Å². The number of carbonyl (C=O) groups excluding carboxylic acids is 2. The molecule has 132 valence electrons. The van der Waals surface area contributed by atoms with Crippen molar-refractivity contribution in [2.75, 3.05) is 7.11 Å². The van der Waals surface area contributed by atoms with Gasteiger partial charge in [-0.3, -0.25) is 4.79 Å². The Labute approximate surface area is 152 Å². The first kappa shape index (κ1) is 18.9. The minimum absolute atomic E-state index is 0.0913. The quantitative estimate of drug-likeness (QED) is 0.648. The summed E-state index contributed by atoms with van der Waals surface area (Å²) in [7, 11) is 1.31. The lowest BCUT2D eigenvalue weighted by Crippen LogP contribution is -2.32. The monoisotopic (exact) mass is 357 g/mol. The topological polar surface area (TPSA) is 55.4 Å². The number of hydrogen-bond donors (Lipinski definition) is 1. The van der Waals surface area contributed by atoms with Crippen LogP contribution in [0, 0.1) is 0 Å². The molecule has 0 unspecified atom stereocenters. The summed E-state index contributed by atoms with van der Waals surface area (Å²) in [6.45, 7) is 6.47. The molecular weight excluding hydrogens is 334 g/mol. The van der Waals surface area contributed by atoms with E-state index in [0.717, 1.165) is 10.4 Å². The van der Waals surface area contributed by atoms with E-state index in [1.165, 1.54) is 30.1 Å². The first-order valence-corrected chi connectivity index (χ1v) is 8.89. The molecule has 5 heteroatoms. The van der Waals surface area contributed by atoms with Gasteiger partial charge in [-0.25, -0.2) is 4.79 Å². The lowest BCUT2D eigenvalue weighted by atomic mass is 9.87. The lowest BCUT2D eigenvalue weighted by Gasteiger charge is -2.18. The Hall–Kier alpha value is -2.40. The molecule has 0 bridgehead atoms. The van der Waals surface area contributed by atoms with Crippen LogP contribution in [-0.2, 0) is 19.7 Å². The molecule has 1 amide bonds. The van der Waals surface area contributed by atoms with Crippen LogP contribution in [0.15, 0.2) is 47.9 Å². The van der Waals surface area contributed by atoms with Crippen LogP contribution in [0.5, 0.6) is 0 Å². The molecule has 25 heavy (non-hydrogen) atoms. The van der Waals surface area contributed by atoms with Crippen molar-refractivity contribution in [1.29, 1.82) is 0 Å². The van der Waals surface area contributed by atoms with Crippen LogP contribution in [0.3, 0.4) is 0 Å². The second kappa shape index (κ2) is 8.12. The van der Waals surface area contributed by atoms with Crippen LogP contribution in [0.2, 0.25) is 0 Å². The second-order valence-electron chi connectivity index (χ2n) is 6.69.